The van der Waals surface area contributed by atoms with Crippen molar-refractivity contribution < 1.29 is 9.90 Å². The Bertz CT molecular complexity index is 386. The Hall–Kier alpha value is -1.03. The first-order valence-electron chi connectivity index (χ1n) is 4.96. The number of hydrogen-bond acceptors (Lipinski definition) is 2. The Kier molecular flexibility index (Phi) is 2.95. The van der Waals surface area contributed by atoms with Crippen molar-refractivity contribution in [3.8, 4) is 0 Å². The molecule has 1 aliphatic heterocycles. The van der Waals surface area contributed by atoms with E-state index in [1.165, 1.54) is 0 Å². The minimum Gasteiger partial charge on any atom is -0.478 e. The van der Waals surface area contributed by atoms with Gasteiger partial charge in [0, 0.05) is 17.6 Å². The van der Waals surface area contributed by atoms with Crippen LogP contribution in [0.3, 0.4) is 0 Å². The highest BCUT2D eigenvalue weighted by Gasteiger charge is 2.18. The van der Waals surface area contributed by atoms with Crippen LogP contribution in [0.25, 0.3) is 0 Å². The molecular weight excluding hydrogens is 258 g/mol. The van der Waals surface area contributed by atoms with Gasteiger partial charge in [-0.05, 0) is 31.0 Å². The van der Waals surface area contributed by atoms with Gasteiger partial charge < -0.3 is 10.0 Å². The van der Waals surface area contributed by atoms with Gasteiger partial charge in [0.05, 0.1) is 11.3 Å². The number of carboxylic acid groups (broad SMARTS) is 1. The van der Waals surface area contributed by atoms with E-state index in [9.17, 15) is 4.79 Å². The van der Waals surface area contributed by atoms with Crippen LogP contribution in [0.15, 0.2) is 22.7 Å². The maximum Gasteiger partial charge on any atom is 0.337 e. The molecule has 0 saturated carbocycles. The third-order valence-corrected chi connectivity index (χ3v) is 3.13. The van der Waals surface area contributed by atoms with Crippen molar-refractivity contribution in [2.45, 2.75) is 12.8 Å². The molecule has 3 nitrogen and oxygen atoms in total. The highest BCUT2D eigenvalue weighted by atomic mass is 79.9. The van der Waals surface area contributed by atoms with Crippen LogP contribution in [0, 0.1) is 0 Å². The van der Waals surface area contributed by atoms with Crippen molar-refractivity contribution in [2.24, 2.45) is 0 Å². The zero-order chi connectivity index (χ0) is 10.8. The van der Waals surface area contributed by atoms with Gasteiger partial charge in [-0.3, -0.25) is 0 Å². The quantitative estimate of drug-likeness (QED) is 0.898. The molecular formula is C11H12BrNO2. The number of carboxylic acids is 1. The summed E-state index contributed by atoms with van der Waals surface area (Å²) in [4.78, 5) is 13.2. The third-order valence-electron chi connectivity index (χ3n) is 2.64. The van der Waals surface area contributed by atoms with Gasteiger partial charge in [-0.1, -0.05) is 15.9 Å². The summed E-state index contributed by atoms with van der Waals surface area (Å²) < 4.78 is 0.808. The highest BCUT2D eigenvalue weighted by molar-refractivity contribution is 9.10. The molecule has 0 amide bonds. The molecule has 0 atom stereocenters. The maximum atomic E-state index is 11.1. The fraction of sp³-hybridized carbons (Fsp3) is 0.364. The summed E-state index contributed by atoms with van der Waals surface area (Å²) in [6, 6.07) is 5.43. The van der Waals surface area contributed by atoms with Crippen LogP contribution in [0.2, 0.25) is 0 Å². The minimum atomic E-state index is -0.863. The molecule has 1 heterocycles. The number of anilines is 1. The normalized spacial score (nSPS) is 15.7. The minimum absolute atomic E-state index is 0.381. The maximum absolute atomic E-state index is 11.1. The molecule has 0 radical (unpaired) electrons. The molecule has 1 aromatic carbocycles. The summed E-state index contributed by atoms with van der Waals surface area (Å²) in [6.45, 7) is 1.92. The Balaban J connectivity index is 2.40. The van der Waals surface area contributed by atoms with Crippen LogP contribution >= 0.6 is 15.9 Å². The molecule has 1 N–H and O–H groups in total. The first-order valence-corrected chi connectivity index (χ1v) is 5.75. The van der Waals surface area contributed by atoms with E-state index in [-0.39, 0.29) is 0 Å². The molecule has 1 aliphatic rings. The predicted molar refractivity (Wildman–Crippen MR) is 62.5 cm³/mol. The number of halogens is 1. The highest BCUT2D eigenvalue weighted by Crippen LogP contribution is 2.27. The lowest BCUT2D eigenvalue weighted by atomic mass is 10.1. The van der Waals surface area contributed by atoms with Gasteiger partial charge in [-0.15, -0.1) is 0 Å². The molecule has 0 aliphatic carbocycles. The smallest absolute Gasteiger partial charge is 0.337 e. The van der Waals surface area contributed by atoms with E-state index in [1.807, 2.05) is 12.1 Å². The van der Waals surface area contributed by atoms with Gasteiger partial charge in [-0.25, -0.2) is 4.79 Å². The van der Waals surface area contributed by atoms with Crippen LogP contribution in [0.4, 0.5) is 5.69 Å². The third kappa shape index (κ3) is 2.15. The fourth-order valence-electron chi connectivity index (χ4n) is 1.91. The Morgan fingerprint density at radius 1 is 1.33 bits per heavy atom. The lowest BCUT2D eigenvalue weighted by Crippen LogP contribution is -2.20. The van der Waals surface area contributed by atoms with Gasteiger partial charge in [-0.2, -0.15) is 0 Å². The van der Waals surface area contributed by atoms with E-state index in [0.717, 1.165) is 36.1 Å². The second kappa shape index (κ2) is 4.23. The first-order chi connectivity index (χ1) is 7.18. The van der Waals surface area contributed by atoms with E-state index >= 15 is 0 Å². The summed E-state index contributed by atoms with van der Waals surface area (Å²) in [5.74, 6) is -0.863. The average Bonchev–Trinajstić information content (AvgIpc) is 2.70. The summed E-state index contributed by atoms with van der Waals surface area (Å²) in [6.07, 6.45) is 2.30. The standard InChI is InChI=1S/C11H12BrNO2/c12-8-3-4-10(9(7-8)11(14)15)13-5-1-2-6-13/h3-4,7H,1-2,5-6H2,(H,14,15). The van der Waals surface area contributed by atoms with Crippen LogP contribution in [-0.2, 0) is 0 Å². The first kappa shape index (κ1) is 10.5. The molecule has 0 aromatic heterocycles. The Morgan fingerprint density at radius 3 is 2.60 bits per heavy atom. The van der Waals surface area contributed by atoms with Gasteiger partial charge in [0.1, 0.15) is 0 Å². The zero-order valence-corrected chi connectivity index (χ0v) is 9.83. The molecule has 0 spiro atoms. The molecule has 1 fully saturated rings. The van der Waals surface area contributed by atoms with Gasteiger partial charge >= 0.3 is 5.97 Å². The molecule has 4 heteroatoms. The Morgan fingerprint density at radius 2 is 2.00 bits per heavy atom. The molecule has 15 heavy (non-hydrogen) atoms. The van der Waals surface area contributed by atoms with Crippen molar-refractivity contribution in [3.63, 3.8) is 0 Å². The van der Waals surface area contributed by atoms with E-state index < -0.39 is 5.97 Å². The molecule has 2 rings (SSSR count). The summed E-state index contributed by atoms with van der Waals surface area (Å²) in [7, 11) is 0. The summed E-state index contributed by atoms with van der Waals surface area (Å²) in [5.41, 5.74) is 1.22. The SMILES string of the molecule is O=C(O)c1cc(Br)ccc1N1CCCC1. The van der Waals surface area contributed by atoms with Gasteiger partial charge in [0.15, 0.2) is 0 Å². The van der Waals surface area contributed by atoms with E-state index in [4.69, 9.17) is 5.11 Å². The van der Waals surface area contributed by atoms with Crippen LogP contribution in [0.5, 0.6) is 0 Å². The zero-order valence-electron chi connectivity index (χ0n) is 8.24. The Labute approximate surface area is 96.8 Å². The monoisotopic (exact) mass is 269 g/mol. The van der Waals surface area contributed by atoms with Crippen LogP contribution in [-0.4, -0.2) is 24.2 Å². The molecule has 0 unspecified atom stereocenters. The van der Waals surface area contributed by atoms with E-state index in [0.29, 0.717) is 5.56 Å². The predicted octanol–water partition coefficient (Wildman–Crippen LogP) is 2.75. The van der Waals surface area contributed by atoms with Crippen molar-refractivity contribution >= 4 is 27.6 Å². The number of rotatable bonds is 2. The fourth-order valence-corrected chi connectivity index (χ4v) is 2.27. The number of carbonyl (C=O) groups is 1. The van der Waals surface area contributed by atoms with Crippen LogP contribution < -0.4 is 4.90 Å². The number of hydrogen-bond donors (Lipinski definition) is 1. The van der Waals surface area contributed by atoms with Gasteiger partial charge in [0.2, 0.25) is 0 Å². The van der Waals surface area contributed by atoms with Crippen molar-refractivity contribution in [2.75, 3.05) is 18.0 Å². The van der Waals surface area contributed by atoms with E-state index in [2.05, 4.69) is 20.8 Å². The molecule has 1 saturated heterocycles. The molecule has 0 bridgehead atoms. The summed E-state index contributed by atoms with van der Waals surface area (Å²) in [5, 5.41) is 9.10. The lowest BCUT2D eigenvalue weighted by molar-refractivity contribution is 0.0697. The molecule has 80 valence electrons. The lowest BCUT2D eigenvalue weighted by Gasteiger charge is -2.19. The average molecular weight is 270 g/mol. The number of nitrogens with zero attached hydrogens (tertiary/aromatic N) is 1. The second-order valence-electron chi connectivity index (χ2n) is 3.66. The number of aromatic carboxylic acids is 1. The topological polar surface area (TPSA) is 40.5 Å². The molecule has 1 aromatic rings. The van der Waals surface area contributed by atoms with Crippen molar-refractivity contribution in [1.82, 2.24) is 0 Å². The number of benzene rings is 1. The van der Waals surface area contributed by atoms with Gasteiger partial charge in [0.25, 0.3) is 0 Å². The van der Waals surface area contributed by atoms with Crippen LogP contribution in [0.1, 0.15) is 23.2 Å². The van der Waals surface area contributed by atoms with E-state index in [1.54, 1.807) is 6.07 Å². The largest absolute Gasteiger partial charge is 0.478 e. The van der Waals surface area contributed by atoms with Crippen molar-refractivity contribution in [3.05, 3.63) is 28.2 Å². The second-order valence-corrected chi connectivity index (χ2v) is 4.58. The van der Waals surface area contributed by atoms with Crippen molar-refractivity contribution in [1.29, 1.82) is 0 Å². The summed E-state index contributed by atoms with van der Waals surface area (Å²) >= 11 is 3.29.